The van der Waals surface area contributed by atoms with Gasteiger partial charge in [-0.2, -0.15) is 0 Å². The SMILES string of the molecule is C=N/C=C(\C=C(/C)c1ncc(C(=O)O)cn1)Oc1ncc(F)cc1OCC. The second-order valence-electron chi connectivity index (χ2n) is 5.13. The Labute approximate surface area is 154 Å². The van der Waals surface area contributed by atoms with E-state index in [1.165, 1.54) is 18.6 Å². The fourth-order valence-electron chi connectivity index (χ4n) is 1.96. The van der Waals surface area contributed by atoms with Crippen molar-refractivity contribution in [1.29, 1.82) is 0 Å². The van der Waals surface area contributed by atoms with Crippen molar-refractivity contribution in [1.82, 2.24) is 15.0 Å². The summed E-state index contributed by atoms with van der Waals surface area (Å²) in [6.45, 7) is 7.14. The van der Waals surface area contributed by atoms with Gasteiger partial charge in [0.1, 0.15) is 11.6 Å². The average Bonchev–Trinajstić information content (AvgIpc) is 2.64. The van der Waals surface area contributed by atoms with Crippen LogP contribution in [0.4, 0.5) is 4.39 Å². The smallest absolute Gasteiger partial charge is 0.338 e. The number of allylic oxidation sites excluding steroid dienone is 2. The third-order valence-corrected chi connectivity index (χ3v) is 3.13. The van der Waals surface area contributed by atoms with Gasteiger partial charge in [0.2, 0.25) is 0 Å². The summed E-state index contributed by atoms with van der Waals surface area (Å²) in [5.41, 5.74) is 0.546. The summed E-state index contributed by atoms with van der Waals surface area (Å²) in [5, 5.41) is 8.89. The van der Waals surface area contributed by atoms with Gasteiger partial charge in [-0.1, -0.05) is 0 Å². The average molecular weight is 372 g/mol. The minimum Gasteiger partial charge on any atom is -0.488 e. The highest BCUT2D eigenvalue weighted by molar-refractivity contribution is 5.86. The van der Waals surface area contributed by atoms with Crippen LogP contribution in [-0.4, -0.2) is 39.4 Å². The molecule has 8 nitrogen and oxygen atoms in total. The largest absolute Gasteiger partial charge is 0.488 e. The molecule has 0 aliphatic carbocycles. The van der Waals surface area contributed by atoms with Gasteiger partial charge in [-0.25, -0.2) is 24.1 Å². The van der Waals surface area contributed by atoms with Gasteiger partial charge in [-0.15, -0.1) is 0 Å². The van der Waals surface area contributed by atoms with Crippen molar-refractivity contribution in [3.8, 4) is 11.6 Å². The molecule has 0 spiro atoms. The van der Waals surface area contributed by atoms with Crippen LogP contribution in [0.1, 0.15) is 30.0 Å². The molecule has 2 aromatic rings. The molecule has 2 heterocycles. The molecule has 0 aromatic carbocycles. The van der Waals surface area contributed by atoms with E-state index in [2.05, 4.69) is 26.7 Å². The lowest BCUT2D eigenvalue weighted by Crippen LogP contribution is -2.03. The molecular weight excluding hydrogens is 355 g/mol. The molecule has 2 aromatic heterocycles. The molecule has 0 saturated carbocycles. The fourth-order valence-corrected chi connectivity index (χ4v) is 1.96. The first-order valence-corrected chi connectivity index (χ1v) is 7.80. The summed E-state index contributed by atoms with van der Waals surface area (Å²) in [5.74, 6) is -0.949. The van der Waals surface area contributed by atoms with E-state index in [0.717, 1.165) is 12.3 Å². The zero-order valence-electron chi connectivity index (χ0n) is 14.7. The van der Waals surface area contributed by atoms with E-state index in [9.17, 15) is 9.18 Å². The summed E-state index contributed by atoms with van der Waals surface area (Å²) in [7, 11) is 0. The number of nitrogens with zero attached hydrogens (tertiary/aromatic N) is 4. The number of hydrogen-bond acceptors (Lipinski definition) is 7. The predicted octanol–water partition coefficient (Wildman–Crippen LogP) is 3.13. The van der Waals surface area contributed by atoms with Crippen LogP contribution in [0.25, 0.3) is 5.57 Å². The number of carbonyl (C=O) groups is 1. The molecule has 140 valence electrons. The second kappa shape index (κ2) is 9.18. The molecule has 9 heteroatoms. The molecule has 2 rings (SSSR count). The number of hydrogen-bond donors (Lipinski definition) is 1. The van der Waals surface area contributed by atoms with Gasteiger partial charge in [-0.3, -0.25) is 4.99 Å². The Bertz CT molecular complexity index is 895. The maximum absolute atomic E-state index is 13.4. The quantitative estimate of drug-likeness (QED) is 0.431. The first-order chi connectivity index (χ1) is 12.9. The van der Waals surface area contributed by atoms with E-state index in [4.69, 9.17) is 14.6 Å². The molecule has 0 unspecified atom stereocenters. The third kappa shape index (κ3) is 5.43. The molecule has 0 radical (unpaired) electrons. The number of aliphatic imine (C=N–C) groups is 1. The second-order valence-corrected chi connectivity index (χ2v) is 5.13. The topological polar surface area (TPSA) is 107 Å². The minimum atomic E-state index is -1.12. The Hall–Kier alpha value is -3.62. The molecule has 0 aliphatic heterocycles. The Morgan fingerprint density at radius 2 is 2.04 bits per heavy atom. The van der Waals surface area contributed by atoms with Gasteiger partial charge < -0.3 is 14.6 Å². The highest BCUT2D eigenvalue weighted by Crippen LogP contribution is 2.27. The number of carboxylic acid groups (broad SMARTS) is 1. The van der Waals surface area contributed by atoms with Crippen molar-refractivity contribution >= 4 is 18.3 Å². The summed E-state index contributed by atoms with van der Waals surface area (Å²) in [4.78, 5) is 26.4. The summed E-state index contributed by atoms with van der Waals surface area (Å²) in [6.07, 6.45) is 6.29. The summed E-state index contributed by atoms with van der Waals surface area (Å²) >= 11 is 0. The lowest BCUT2D eigenvalue weighted by Gasteiger charge is -2.11. The van der Waals surface area contributed by atoms with Crippen molar-refractivity contribution in [2.24, 2.45) is 4.99 Å². The van der Waals surface area contributed by atoms with Crippen LogP contribution in [0.3, 0.4) is 0 Å². The number of pyridine rings is 1. The molecular formula is C18H17FN4O4. The molecule has 0 atom stereocenters. The van der Waals surface area contributed by atoms with Crippen molar-refractivity contribution in [3.63, 3.8) is 0 Å². The predicted molar refractivity (Wildman–Crippen MR) is 96.3 cm³/mol. The first kappa shape index (κ1) is 19.7. The van der Waals surface area contributed by atoms with Crippen molar-refractivity contribution < 1.29 is 23.8 Å². The maximum Gasteiger partial charge on any atom is 0.338 e. The molecule has 0 fully saturated rings. The lowest BCUT2D eigenvalue weighted by molar-refractivity contribution is 0.0696. The van der Waals surface area contributed by atoms with E-state index in [-0.39, 0.29) is 23.0 Å². The van der Waals surface area contributed by atoms with E-state index < -0.39 is 11.8 Å². The zero-order valence-corrected chi connectivity index (χ0v) is 14.7. The normalized spacial score (nSPS) is 11.8. The third-order valence-electron chi connectivity index (χ3n) is 3.13. The van der Waals surface area contributed by atoms with Gasteiger partial charge in [0.25, 0.3) is 5.88 Å². The summed E-state index contributed by atoms with van der Waals surface area (Å²) < 4.78 is 24.3. The van der Waals surface area contributed by atoms with Gasteiger partial charge in [-0.05, 0) is 32.2 Å². The summed E-state index contributed by atoms with van der Waals surface area (Å²) in [6, 6.07) is 1.16. The molecule has 0 amide bonds. The van der Waals surface area contributed by atoms with Crippen LogP contribution in [0, 0.1) is 5.82 Å². The monoisotopic (exact) mass is 372 g/mol. The number of rotatable bonds is 8. The Balaban J connectivity index is 2.30. The molecule has 1 N–H and O–H groups in total. The zero-order chi connectivity index (χ0) is 19.8. The number of halogens is 1. The van der Waals surface area contributed by atoms with Crippen LogP contribution < -0.4 is 9.47 Å². The van der Waals surface area contributed by atoms with E-state index in [1.54, 1.807) is 19.9 Å². The van der Waals surface area contributed by atoms with Crippen LogP contribution in [-0.2, 0) is 0 Å². The van der Waals surface area contributed by atoms with Gasteiger partial charge in [0, 0.05) is 18.5 Å². The first-order valence-electron chi connectivity index (χ1n) is 7.80. The highest BCUT2D eigenvalue weighted by Gasteiger charge is 2.12. The molecule has 0 bridgehead atoms. The lowest BCUT2D eigenvalue weighted by atomic mass is 10.2. The van der Waals surface area contributed by atoms with Gasteiger partial charge >= 0.3 is 5.97 Å². The molecule has 0 saturated heterocycles. The maximum atomic E-state index is 13.4. The Morgan fingerprint density at radius 3 is 2.63 bits per heavy atom. The van der Waals surface area contributed by atoms with Crippen molar-refractivity contribution in [2.45, 2.75) is 13.8 Å². The minimum absolute atomic E-state index is 0.0248. The molecule has 27 heavy (non-hydrogen) atoms. The standard InChI is InChI=1S/C18H17FN4O4/c1-4-26-15-6-13(19)9-23-17(15)27-14(10-20-3)5-11(2)16-21-7-12(8-22-16)18(24)25/h5-10H,3-4H2,1-2H3,(H,24,25)/b11-5+,14-10+. The number of aromatic carboxylic acids is 1. The van der Waals surface area contributed by atoms with Gasteiger partial charge in [0.15, 0.2) is 11.6 Å². The Morgan fingerprint density at radius 1 is 1.33 bits per heavy atom. The van der Waals surface area contributed by atoms with E-state index in [0.29, 0.717) is 18.0 Å². The van der Waals surface area contributed by atoms with E-state index >= 15 is 0 Å². The number of carboxylic acids is 1. The fraction of sp³-hybridized carbons (Fsp3) is 0.167. The highest BCUT2D eigenvalue weighted by atomic mass is 19.1. The van der Waals surface area contributed by atoms with Crippen molar-refractivity contribution in [3.05, 3.63) is 59.9 Å². The van der Waals surface area contributed by atoms with Crippen LogP contribution >= 0.6 is 0 Å². The van der Waals surface area contributed by atoms with Crippen LogP contribution in [0.5, 0.6) is 11.6 Å². The van der Waals surface area contributed by atoms with Crippen LogP contribution in [0.15, 0.2) is 47.7 Å². The number of aromatic nitrogens is 3. The Kier molecular flexibility index (Phi) is 6.70. The van der Waals surface area contributed by atoms with Crippen molar-refractivity contribution in [2.75, 3.05) is 6.61 Å². The number of ether oxygens (including phenoxy) is 2. The molecule has 0 aliphatic rings. The van der Waals surface area contributed by atoms with Gasteiger partial charge in [0.05, 0.1) is 24.6 Å². The van der Waals surface area contributed by atoms with Crippen LogP contribution in [0.2, 0.25) is 0 Å². The van der Waals surface area contributed by atoms with E-state index in [1.807, 2.05) is 0 Å².